The lowest BCUT2D eigenvalue weighted by molar-refractivity contribution is 0.420. The van der Waals surface area contributed by atoms with Crippen LogP contribution in [0.5, 0.6) is 0 Å². The summed E-state index contributed by atoms with van der Waals surface area (Å²) in [4.78, 5) is 0. The maximum atomic E-state index is 6.01. The molecule has 1 rings (SSSR count). The molecule has 0 bridgehead atoms. The summed E-state index contributed by atoms with van der Waals surface area (Å²) in [6.07, 6.45) is 5.04. The third-order valence-corrected chi connectivity index (χ3v) is 2.13. The van der Waals surface area contributed by atoms with E-state index in [1.807, 2.05) is 7.05 Å². The molecule has 1 aliphatic rings. The maximum absolute atomic E-state index is 6.01. The molecule has 1 saturated carbocycles. The summed E-state index contributed by atoms with van der Waals surface area (Å²) in [6.45, 7) is 0.979. The van der Waals surface area contributed by atoms with Crippen molar-refractivity contribution in [2.75, 3.05) is 13.6 Å². The molecule has 0 heterocycles. The van der Waals surface area contributed by atoms with E-state index in [2.05, 4.69) is 5.32 Å². The summed E-state index contributed by atoms with van der Waals surface area (Å²) in [5.41, 5.74) is 6.14. The van der Waals surface area contributed by atoms with Crippen molar-refractivity contribution in [2.24, 2.45) is 5.73 Å². The largest absolute Gasteiger partial charge is 0.324 e. The lowest BCUT2D eigenvalue weighted by atomic mass is 10.00. The zero-order valence-corrected chi connectivity index (χ0v) is 6.11. The predicted octanol–water partition coefficient (Wildman–Crippen LogP) is 0.477. The van der Waals surface area contributed by atoms with Crippen LogP contribution in [0.15, 0.2) is 0 Å². The van der Waals surface area contributed by atoms with Crippen molar-refractivity contribution >= 4 is 0 Å². The third-order valence-electron chi connectivity index (χ3n) is 2.13. The third kappa shape index (κ3) is 1.66. The zero-order valence-electron chi connectivity index (χ0n) is 6.11. The number of rotatable bonds is 2. The van der Waals surface area contributed by atoms with E-state index >= 15 is 0 Å². The Labute approximate surface area is 56.8 Å². The van der Waals surface area contributed by atoms with Crippen molar-refractivity contribution in [3.63, 3.8) is 0 Å². The SMILES string of the molecule is CNCC1(N)CCCC1. The number of hydrogen-bond acceptors (Lipinski definition) is 2. The molecule has 9 heavy (non-hydrogen) atoms. The van der Waals surface area contributed by atoms with Crippen LogP contribution < -0.4 is 11.1 Å². The van der Waals surface area contributed by atoms with Crippen LogP contribution in [0.2, 0.25) is 0 Å². The molecule has 0 spiro atoms. The van der Waals surface area contributed by atoms with Crippen molar-refractivity contribution in [1.29, 1.82) is 0 Å². The van der Waals surface area contributed by atoms with E-state index in [9.17, 15) is 0 Å². The lowest BCUT2D eigenvalue weighted by Crippen LogP contribution is -2.45. The zero-order chi connectivity index (χ0) is 6.74. The fourth-order valence-electron chi connectivity index (χ4n) is 1.61. The van der Waals surface area contributed by atoms with Gasteiger partial charge in [0.1, 0.15) is 0 Å². The maximum Gasteiger partial charge on any atom is 0.0280 e. The monoisotopic (exact) mass is 128 g/mol. The highest BCUT2D eigenvalue weighted by atomic mass is 14.9. The van der Waals surface area contributed by atoms with Gasteiger partial charge in [-0.05, 0) is 19.9 Å². The van der Waals surface area contributed by atoms with Crippen molar-refractivity contribution < 1.29 is 0 Å². The Kier molecular flexibility index (Phi) is 2.09. The molecule has 0 aliphatic heterocycles. The van der Waals surface area contributed by atoms with Crippen LogP contribution in [0.1, 0.15) is 25.7 Å². The lowest BCUT2D eigenvalue weighted by Gasteiger charge is -2.22. The molecular weight excluding hydrogens is 112 g/mol. The molecule has 0 aromatic heterocycles. The van der Waals surface area contributed by atoms with E-state index in [4.69, 9.17) is 5.73 Å². The van der Waals surface area contributed by atoms with Gasteiger partial charge in [-0.25, -0.2) is 0 Å². The molecule has 2 nitrogen and oxygen atoms in total. The fourth-order valence-corrected chi connectivity index (χ4v) is 1.61. The van der Waals surface area contributed by atoms with Gasteiger partial charge >= 0.3 is 0 Å². The second kappa shape index (κ2) is 2.67. The second-order valence-electron chi connectivity index (χ2n) is 3.10. The topological polar surface area (TPSA) is 38.0 Å². The van der Waals surface area contributed by atoms with Gasteiger partial charge < -0.3 is 11.1 Å². The van der Waals surface area contributed by atoms with Crippen molar-refractivity contribution in [3.8, 4) is 0 Å². The average molecular weight is 128 g/mol. The average Bonchev–Trinajstić information content (AvgIpc) is 2.16. The first kappa shape index (κ1) is 7.03. The number of nitrogens with one attached hydrogen (secondary N) is 1. The van der Waals surface area contributed by atoms with Crippen LogP contribution in [-0.4, -0.2) is 19.1 Å². The highest BCUT2D eigenvalue weighted by molar-refractivity contribution is 4.90. The first-order valence-electron chi connectivity index (χ1n) is 3.70. The van der Waals surface area contributed by atoms with Gasteiger partial charge in [0.2, 0.25) is 0 Å². The van der Waals surface area contributed by atoms with Crippen LogP contribution in [0.4, 0.5) is 0 Å². The van der Waals surface area contributed by atoms with E-state index in [0.717, 1.165) is 6.54 Å². The Morgan fingerprint density at radius 2 is 2.00 bits per heavy atom. The standard InChI is InChI=1S/C7H16N2/c1-9-6-7(8)4-2-3-5-7/h9H,2-6,8H2,1H3. The molecule has 0 atom stereocenters. The summed E-state index contributed by atoms with van der Waals surface area (Å²) in [6, 6.07) is 0. The Morgan fingerprint density at radius 3 is 2.44 bits per heavy atom. The van der Waals surface area contributed by atoms with Crippen LogP contribution in [0.25, 0.3) is 0 Å². The summed E-state index contributed by atoms with van der Waals surface area (Å²) in [7, 11) is 1.97. The van der Waals surface area contributed by atoms with Gasteiger partial charge in [0.05, 0.1) is 0 Å². The van der Waals surface area contributed by atoms with Crippen LogP contribution >= 0.6 is 0 Å². The second-order valence-corrected chi connectivity index (χ2v) is 3.10. The molecule has 0 aromatic carbocycles. The highest BCUT2D eigenvalue weighted by Gasteiger charge is 2.27. The summed E-state index contributed by atoms with van der Waals surface area (Å²) < 4.78 is 0. The molecule has 54 valence electrons. The van der Waals surface area contributed by atoms with Crippen molar-refractivity contribution in [1.82, 2.24) is 5.32 Å². The fraction of sp³-hybridized carbons (Fsp3) is 1.00. The highest BCUT2D eigenvalue weighted by Crippen LogP contribution is 2.25. The van der Waals surface area contributed by atoms with Gasteiger partial charge in [0.25, 0.3) is 0 Å². The number of nitrogens with two attached hydrogens (primary N) is 1. The molecule has 0 radical (unpaired) electrons. The van der Waals surface area contributed by atoms with E-state index in [0.29, 0.717) is 0 Å². The minimum absolute atomic E-state index is 0.134. The van der Waals surface area contributed by atoms with Crippen LogP contribution in [0.3, 0.4) is 0 Å². The molecule has 3 N–H and O–H groups in total. The minimum Gasteiger partial charge on any atom is -0.324 e. The van der Waals surface area contributed by atoms with Gasteiger partial charge in [0, 0.05) is 12.1 Å². The van der Waals surface area contributed by atoms with E-state index in [1.54, 1.807) is 0 Å². The van der Waals surface area contributed by atoms with Crippen molar-refractivity contribution in [3.05, 3.63) is 0 Å². The Bertz CT molecular complexity index is 84.9. The first-order valence-corrected chi connectivity index (χ1v) is 3.70. The molecule has 2 heteroatoms. The molecule has 0 unspecified atom stereocenters. The Balaban J connectivity index is 2.32. The van der Waals surface area contributed by atoms with Gasteiger partial charge in [-0.2, -0.15) is 0 Å². The first-order chi connectivity index (χ1) is 4.27. The predicted molar refractivity (Wildman–Crippen MR) is 39.3 cm³/mol. The van der Waals surface area contributed by atoms with Gasteiger partial charge in [0.15, 0.2) is 0 Å². The smallest absolute Gasteiger partial charge is 0.0280 e. The molecule has 0 aromatic rings. The van der Waals surface area contributed by atoms with E-state index in [-0.39, 0.29) is 5.54 Å². The van der Waals surface area contributed by atoms with E-state index in [1.165, 1.54) is 25.7 Å². The van der Waals surface area contributed by atoms with Gasteiger partial charge in [-0.15, -0.1) is 0 Å². The Hall–Kier alpha value is -0.0800. The van der Waals surface area contributed by atoms with Crippen molar-refractivity contribution in [2.45, 2.75) is 31.2 Å². The number of hydrogen-bond donors (Lipinski definition) is 2. The Morgan fingerprint density at radius 1 is 1.44 bits per heavy atom. The summed E-state index contributed by atoms with van der Waals surface area (Å²) >= 11 is 0. The van der Waals surface area contributed by atoms with Crippen LogP contribution in [0, 0.1) is 0 Å². The van der Waals surface area contributed by atoms with E-state index < -0.39 is 0 Å². The van der Waals surface area contributed by atoms with Gasteiger partial charge in [-0.1, -0.05) is 12.8 Å². The quantitative estimate of drug-likeness (QED) is 0.567. The molecule has 1 fully saturated rings. The summed E-state index contributed by atoms with van der Waals surface area (Å²) in [5, 5.41) is 3.13. The number of likely N-dealkylation sites (N-methyl/N-ethyl adjacent to an activating group) is 1. The normalized spacial score (nSPS) is 24.7. The molecule has 0 saturated heterocycles. The molecule has 1 aliphatic carbocycles. The van der Waals surface area contributed by atoms with Gasteiger partial charge in [-0.3, -0.25) is 0 Å². The molecule has 0 amide bonds. The van der Waals surface area contributed by atoms with Crippen LogP contribution in [-0.2, 0) is 0 Å². The molecular formula is C7H16N2. The minimum atomic E-state index is 0.134. The summed E-state index contributed by atoms with van der Waals surface area (Å²) in [5.74, 6) is 0.